The summed E-state index contributed by atoms with van der Waals surface area (Å²) in [6.07, 6.45) is 0. The van der Waals surface area contributed by atoms with Crippen LogP contribution in [0.3, 0.4) is 0 Å². The van der Waals surface area contributed by atoms with Crippen molar-refractivity contribution < 1.29 is 14.3 Å². The minimum atomic E-state index is -0.244. The Balaban J connectivity index is 1.59. The number of aryl methyl sites for hydroxylation is 1. The van der Waals surface area contributed by atoms with Gasteiger partial charge in [-0.25, -0.2) is 9.48 Å². The van der Waals surface area contributed by atoms with Crippen LogP contribution in [0.25, 0.3) is 5.69 Å². The Morgan fingerprint density at radius 3 is 2.34 bits per heavy atom. The van der Waals surface area contributed by atoms with Gasteiger partial charge >= 0.3 is 6.03 Å². The van der Waals surface area contributed by atoms with E-state index in [1.54, 1.807) is 14.2 Å². The van der Waals surface area contributed by atoms with Gasteiger partial charge in [0.1, 0.15) is 0 Å². The summed E-state index contributed by atoms with van der Waals surface area (Å²) in [7, 11) is 3.18. The topological polar surface area (TPSA) is 77.4 Å². The van der Waals surface area contributed by atoms with Crippen LogP contribution in [0.1, 0.15) is 22.5 Å². The maximum Gasteiger partial charge on any atom is 0.315 e. The summed E-state index contributed by atoms with van der Waals surface area (Å²) in [5.74, 6) is 1.29. The van der Waals surface area contributed by atoms with E-state index < -0.39 is 0 Å². The molecule has 0 saturated carbocycles. The third-order valence-corrected chi connectivity index (χ3v) is 4.77. The Hall–Kier alpha value is -3.48. The van der Waals surface area contributed by atoms with Gasteiger partial charge in [-0.05, 0) is 43.7 Å². The van der Waals surface area contributed by atoms with Crippen molar-refractivity contribution in [2.75, 3.05) is 14.2 Å². The SMILES string of the molecule is COc1ccc(CNC(=O)NCc2c(C)nn(-c3ccccc3)c2C)cc1OC. The molecule has 2 N–H and O–H groups in total. The van der Waals surface area contributed by atoms with Gasteiger partial charge in [0.05, 0.1) is 25.6 Å². The largest absolute Gasteiger partial charge is 0.493 e. The number of rotatable bonds is 7. The Morgan fingerprint density at radius 2 is 1.66 bits per heavy atom. The standard InChI is InChI=1S/C22H26N4O3/c1-15-19(16(2)26(25-15)18-8-6-5-7-9-18)14-24-22(27)23-13-17-10-11-20(28-3)21(12-17)29-4/h5-12H,13-14H2,1-4H3,(H2,23,24,27). The van der Waals surface area contributed by atoms with Gasteiger partial charge in [-0.3, -0.25) is 0 Å². The van der Waals surface area contributed by atoms with Gasteiger partial charge in [-0.2, -0.15) is 5.10 Å². The number of amides is 2. The number of aromatic nitrogens is 2. The average Bonchev–Trinajstić information content (AvgIpc) is 3.04. The molecule has 1 aromatic heterocycles. The molecule has 152 valence electrons. The minimum Gasteiger partial charge on any atom is -0.493 e. The van der Waals surface area contributed by atoms with Gasteiger partial charge in [0.15, 0.2) is 11.5 Å². The highest BCUT2D eigenvalue weighted by Crippen LogP contribution is 2.27. The number of benzene rings is 2. The smallest absolute Gasteiger partial charge is 0.315 e. The molecule has 0 saturated heterocycles. The normalized spacial score (nSPS) is 10.5. The third-order valence-electron chi connectivity index (χ3n) is 4.77. The fourth-order valence-corrected chi connectivity index (χ4v) is 3.16. The molecule has 3 rings (SSSR count). The highest BCUT2D eigenvalue weighted by atomic mass is 16.5. The van der Waals surface area contributed by atoms with Crippen LogP contribution in [-0.2, 0) is 13.1 Å². The Labute approximate surface area is 170 Å². The van der Waals surface area contributed by atoms with E-state index >= 15 is 0 Å². The van der Waals surface area contributed by atoms with Crippen molar-refractivity contribution in [1.82, 2.24) is 20.4 Å². The second-order valence-electron chi connectivity index (χ2n) is 6.62. The second-order valence-corrected chi connectivity index (χ2v) is 6.62. The number of nitrogens with zero attached hydrogens (tertiary/aromatic N) is 2. The maximum atomic E-state index is 12.3. The second kappa shape index (κ2) is 9.14. The van der Waals surface area contributed by atoms with Crippen LogP contribution in [0, 0.1) is 13.8 Å². The van der Waals surface area contributed by atoms with Crippen LogP contribution in [0.4, 0.5) is 4.79 Å². The summed E-state index contributed by atoms with van der Waals surface area (Å²) in [6.45, 7) is 4.74. The van der Waals surface area contributed by atoms with Gasteiger partial charge < -0.3 is 20.1 Å². The molecule has 1 heterocycles. The summed E-state index contributed by atoms with van der Waals surface area (Å²) >= 11 is 0. The average molecular weight is 394 g/mol. The maximum absolute atomic E-state index is 12.3. The number of carbonyl (C=O) groups is 1. The first kappa shape index (κ1) is 20.3. The molecule has 0 aliphatic rings. The number of hydrogen-bond donors (Lipinski definition) is 2. The van der Waals surface area contributed by atoms with Gasteiger partial charge in [-0.15, -0.1) is 0 Å². The number of urea groups is 1. The Bertz CT molecular complexity index is 983. The summed E-state index contributed by atoms with van der Waals surface area (Å²) in [4.78, 5) is 12.3. The van der Waals surface area contributed by atoms with Crippen molar-refractivity contribution in [2.45, 2.75) is 26.9 Å². The summed E-state index contributed by atoms with van der Waals surface area (Å²) < 4.78 is 12.4. The molecule has 0 aliphatic heterocycles. The zero-order valence-corrected chi connectivity index (χ0v) is 17.2. The van der Waals surface area contributed by atoms with E-state index in [4.69, 9.17) is 9.47 Å². The first-order chi connectivity index (χ1) is 14.0. The Kier molecular flexibility index (Phi) is 6.39. The molecule has 0 unspecified atom stereocenters. The van der Waals surface area contributed by atoms with E-state index in [0.29, 0.717) is 24.6 Å². The van der Waals surface area contributed by atoms with Crippen LogP contribution in [0.2, 0.25) is 0 Å². The van der Waals surface area contributed by atoms with Crippen LogP contribution in [0.15, 0.2) is 48.5 Å². The van der Waals surface area contributed by atoms with Crippen molar-refractivity contribution in [1.29, 1.82) is 0 Å². The van der Waals surface area contributed by atoms with Crippen molar-refractivity contribution in [3.05, 3.63) is 71.0 Å². The van der Waals surface area contributed by atoms with Gasteiger partial charge in [-0.1, -0.05) is 24.3 Å². The predicted molar refractivity (Wildman–Crippen MR) is 112 cm³/mol. The number of ether oxygens (including phenoxy) is 2. The highest BCUT2D eigenvalue weighted by molar-refractivity contribution is 5.74. The zero-order valence-electron chi connectivity index (χ0n) is 17.2. The van der Waals surface area contributed by atoms with Crippen LogP contribution < -0.4 is 20.1 Å². The lowest BCUT2D eigenvalue weighted by atomic mass is 10.2. The van der Waals surface area contributed by atoms with Gasteiger partial charge in [0.2, 0.25) is 0 Å². The molecule has 0 atom stereocenters. The van der Waals surface area contributed by atoms with Crippen LogP contribution >= 0.6 is 0 Å². The lowest BCUT2D eigenvalue weighted by Crippen LogP contribution is -2.34. The molecular formula is C22H26N4O3. The van der Waals surface area contributed by atoms with E-state index in [9.17, 15) is 4.79 Å². The highest BCUT2D eigenvalue weighted by Gasteiger charge is 2.13. The number of para-hydroxylation sites is 1. The monoisotopic (exact) mass is 394 g/mol. The fourth-order valence-electron chi connectivity index (χ4n) is 3.16. The molecule has 7 heteroatoms. The molecule has 3 aromatic rings. The van der Waals surface area contributed by atoms with Crippen molar-refractivity contribution in [3.8, 4) is 17.2 Å². The Morgan fingerprint density at radius 1 is 0.966 bits per heavy atom. The predicted octanol–water partition coefficient (Wildman–Crippen LogP) is 3.51. The molecule has 7 nitrogen and oxygen atoms in total. The molecule has 0 aliphatic carbocycles. The molecule has 0 bridgehead atoms. The summed E-state index contributed by atoms with van der Waals surface area (Å²) in [6, 6.07) is 15.2. The minimum absolute atomic E-state index is 0.244. The first-order valence-corrected chi connectivity index (χ1v) is 9.36. The van der Waals surface area contributed by atoms with Crippen molar-refractivity contribution in [3.63, 3.8) is 0 Å². The number of carbonyl (C=O) groups excluding carboxylic acids is 1. The lowest BCUT2D eigenvalue weighted by molar-refractivity contribution is 0.240. The van der Waals surface area contributed by atoms with E-state index in [1.807, 2.05) is 67.1 Å². The zero-order chi connectivity index (χ0) is 20.8. The van der Waals surface area contributed by atoms with E-state index in [0.717, 1.165) is 28.2 Å². The van der Waals surface area contributed by atoms with Crippen LogP contribution in [-0.4, -0.2) is 30.0 Å². The third kappa shape index (κ3) is 4.68. The first-order valence-electron chi connectivity index (χ1n) is 9.36. The molecular weight excluding hydrogens is 368 g/mol. The molecule has 29 heavy (non-hydrogen) atoms. The molecule has 2 aromatic carbocycles. The number of methoxy groups -OCH3 is 2. The van der Waals surface area contributed by atoms with Gasteiger partial charge in [0, 0.05) is 24.3 Å². The molecule has 0 fully saturated rings. The quantitative estimate of drug-likeness (QED) is 0.643. The fraction of sp³-hybridized carbons (Fsp3) is 0.273. The molecule has 0 spiro atoms. The van der Waals surface area contributed by atoms with Crippen LogP contribution in [0.5, 0.6) is 11.5 Å². The summed E-state index contributed by atoms with van der Waals surface area (Å²) in [5, 5.41) is 10.4. The van der Waals surface area contributed by atoms with E-state index in [1.165, 1.54) is 0 Å². The van der Waals surface area contributed by atoms with Gasteiger partial charge in [0.25, 0.3) is 0 Å². The number of hydrogen-bond acceptors (Lipinski definition) is 4. The number of nitrogens with one attached hydrogen (secondary N) is 2. The lowest BCUT2D eigenvalue weighted by Gasteiger charge is -2.11. The summed E-state index contributed by atoms with van der Waals surface area (Å²) in [5.41, 5.74) is 4.83. The molecule has 0 radical (unpaired) electrons. The van der Waals surface area contributed by atoms with E-state index in [2.05, 4.69) is 15.7 Å². The molecule has 2 amide bonds. The van der Waals surface area contributed by atoms with Crippen molar-refractivity contribution in [2.24, 2.45) is 0 Å². The van der Waals surface area contributed by atoms with Crippen molar-refractivity contribution >= 4 is 6.03 Å². The van der Waals surface area contributed by atoms with E-state index in [-0.39, 0.29) is 6.03 Å².